The van der Waals surface area contributed by atoms with Crippen LogP contribution in [0.3, 0.4) is 0 Å². The zero-order valence-corrected chi connectivity index (χ0v) is 13.5. The van der Waals surface area contributed by atoms with Crippen LogP contribution < -0.4 is 10.6 Å². The number of carbonyl (C=O) groups excluding carboxylic acids is 1. The number of aryl methyl sites for hydroxylation is 1. The van der Waals surface area contributed by atoms with Crippen molar-refractivity contribution in [2.75, 3.05) is 7.05 Å². The lowest BCUT2D eigenvalue weighted by atomic mass is 9.86. The molecule has 0 bridgehead atoms. The van der Waals surface area contributed by atoms with Gasteiger partial charge in [-0.1, -0.05) is 18.2 Å². The molecule has 1 amide bonds. The van der Waals surface area contributed by atoms with Gasteiger partial charge in [0.2, 0.25) is 0 Å². The van der Waals surface area contributed by atoms with Crippen molar-refractivity contribution in [1.29, 1.82) is 0 Å². The molecule has 1 aliphatic carbocycles. The molecule has 0 radical (unpaired) electrons. The first-order chi connectivity index (χ1) is 9.89. The summed E-state index contributed by atoms with van der Waals surface area (Å²) in [6.45, 7) is 6.51. The molecule has 1 atom stereocenters. The molecule has 0 heterocycles. The van der Waals surface area contributed by atoms with Gasteiger partial charge in [0.05, 0.1) is 6.04 Å². The van der Waals surface area contributed by atoms with E-state index in [0.29, 0.717) is 0 Å². The molecule has 1 aromatic carbocycles. The predicted molar refractivity (Wildman–Crippen MR) is 84.3 cm³/mol. The number of fused-ring (bicyclic) bond motifs is 1. The fourth-order valence-electron chi connectivity index (χ4n) is 2.78. The van der Waals surface area contributed by atoms with E-state index in [4.69, 9.17) is 4.74 Å². The highest BCUT2D eigenvalue weighted by molar-refractivity contribution is 5.68. The summed E-state index contributed by atoms with van der Waals surface area (Å²) in [6.07, 6.45) is 2.81. The van der Waals surface area contributed by atoms with Gasteiger partial charge in [-0.15, -0.1) is 0 Å². The van der Waals surface area contributed by atoms with E-state index < -0.39 is 5.60 Å². The largest absolute Gasteiger partial charge is 0.444 e. The maximum atomic E-state index is 12.0. The normalized spacial score (nSPS) is 18.0. The number of amides is 1. The second-order valence-corrected chi connectivity index (χ2v) is 6.65. The highest BCUT2D eigenvalue weighted by Gasteiger charge is 2.24. The highest BCUT2D eigenvalue weighted by atomic mass is 16.6. The van der Waals surface area contributed by atoms with Crippen LogP contribution in [0.5, 0.6) is 0 Å². The first kappa shape index (κ1) is 15.8. The molecular formula is C17H26N2O2. The van der Waals surface area contributed by atoms with Crippen molar-refractivity contribution in [2.24, 2.45) is 0 Å². The zero-order valence-electron chi connectivity index (χ0n) is 13.5. The van der Waals surface area contributed by atoms with E-state index >= 15 is 0 Å². The molecular weight excluding hydrogens is 264 g/mol. The van der Waals surface area contributed by atoms with E-state index in [9.17, 15) is 4.79 Å². The molecule has 0 saturated carbocycles. The standard InChI is InChI=1S/C17H26N2O2/c1-17(2,3)21-16(20)19-15-7-5-6-13-10-12(11-18-4)8-9-14(13)15/h8-10,15,18H,5-7,11H2,1-4H3,(H,19,20). The first-order valence-corrected chi connectivity index (χ1v) is 7.65. The molecule has 2 rings (SSSR count). The number of carbonyl (C=O) groups is 1. The Morgan fingerprint density at radius 3 is 2.81 bits per heavy atom. The lowest BCUT2D eigenvalue weighted by Crippen LogP contribution is -2.36. The topological polar surface area (TPSA) is 50.4 Å². The monoisotopic (exact) mass is 290 g/mol. The smallest absolute Gasteiger partial charge is 0.408 e. The van der Waals surface area contributed by atoms with Gasteiger partial charge in [0, 0.05) is 6.54 Å². The minimum atomic E-state index is -0.460. The van der Waals surface area contributed by atoms with Gasteiger partial charge in [0.25, 0.3) is 0 Å². The van der Waals surface area contributed by atoms with Gasteiger partial charge in [-0.3, -0.25) is 0 Å². The van der Waals surface area contributed by atoms with E-state index in [2.05, 4.69) is 28.8 Å². The lowest BCUT2D eigenvalue weighted by Gasteiger charge is -2.28. The van der Waals surface area contributed by atoms with Crippen LogP contribution in [0.1, 0.15) is 56.3 Å². The third kappa shape index (κ3) is 4.46. The van der Waals surface area contributed by atoms with Gasteiger partial charge >= 0.3 is 6.09 Å². The van der Waals surface area contributed by atoms with E-state index in [1.54, 1.807) is 0 Å². The van der Waals surface area contributed by atoms with Crippen LogP contribution in [-0.4, -0.2) is 18.7 Å². The molecule has 1 aliphatic rings. The zero-order chi connectivity index (χ0) is 15.5. The third-order valence-corrected chi connectivity index (χ3v) is 3.59. The minimum Gasteiger partial charge on any atom is -0.444 e. The van der Waals surface area contributed by atoms with Crippen molar-refractivity contribution < 1.29 is 9.53 Å². The molecule has 1 aromatic rings. The summed E-state index contributed by atoms with van der Waals surface area (Å²) < 4.78 is 5.36. The summed E-state index contributed by atoms with van der Waals surface area (Å²) in [7, 11) is 1.95. The van der Waals surface area contributed by atoms with E-state index in [-0.39, 0.29) is 12.1 Å². The fourth-order valence-corrected chi connectivity index (χ4v) is 2.78. The molecule has 116 valence electrons. The quantitative estimate of drug-likeness (QED) is 0.898. The predicted octanol–water partition coefficient (Wildman–Crippen LogP) is 3.31. The Morgan fingerprint density at radius 1 is 1.38 bits per heavy atom. The Bertz CT molecular complexity index is 506. The van der Waals surface area contributed by atoms with Gasteiger partial charge in [-0.2, -0.15) is 0 Å². The van der Waals surface area contributed by atoms with Gasteiger partial charge < -0.3 is 15.4 Å². The van der Waals surface area contributed by atoms with Crippen molar-refractivity contribution in [3.8, 4) is 0 Å². The van der Waals surface area contributed by atoms with Crippen LogP contribution >= 0.6 is 0 Å². The van der Waals surface area contributed by atoms with E-state index in [1.165, 1.54) is 16.7 Å². The molecule has 4 nitrogen and oxygen atoms in total. The minimum absolute atomic E-state index is 0.0623. The van der Waals surface area contributed by atoms with Gasteiger partial charge in [0.1, 0.15) is 5.60 Å². The first-order valence-electron chi connectivity index (χ1n) is 7.65. The molecule has 0 aromatic heterocycles. The number of benzene rings is 1. The maximum absolute atomic E-state index is 12.0. The average Bonchev–Trinajstić information content (AvgIpc) is 2.37. The third-order valence-electron chi connectivity index (χ3n) is 3.59. The maximum Gasteiger partial charge on any atom is 0.408 e. The molecule has 4 heteroatoms. The number of nitrogens with one attached hydrogen (secondary N) is 2. The number of ether oxygens (including phenoxy) is 1. The molecule has 0 fully saturated rings. The SMILES string of the molecule is CNCc1ccc2c(c1)CCCC2NC(=O)OC(C)(C)C. The van der Waals surface area contributed by atoms with E-state index in [0.717, 1.165) is 25.8 Å². The van der Waals surface area contributed by atoms with Gasteiger partial charge in [-0.25, -0.2) is 4.79 Å². The summed E-state index contributed by atoms with van der Waals surface area (Å²) in [5.74, 6) is 0. The van der Waals surface area contributed by atoms with Crippen molar-refractivity contribution >= 4 is 6.09 Å². The van der Waals surface area contributed by atoms with Crippen LogP contribution in [0.15, 0.2) is 18.2 Å². The summed E-state index contributed by atoms with van der Waals surface area (Å²) in [6, 6.07) is 6.58. The summed E-state index contributed by atoms with van der Waals surface area (Å²) in [4.78, 5) is 12.0. The fraction of sp³-hybridized carbons (Fsp3) is 0.588. The molecule has 0 aliphatic heterocycles. The number of rotatable bonds is 3. The second kappa shape index (κ2) is 6.48. The molecule has 0 saturated heterocycles. The van der Waals surface area contributed by atoms with Crippen molar-refractivity contribution in [3.63, 3.8) is 0 Å². The Morgan fingerprint density at radius 2 is 2.14 bits per heavy atom. The second-order valence-electron chi connectivity index (χ2n) is 6.65. The Balaban J connectivity index is 2.09. The Kier molecular flexibility index (Phi) is 4.88. The molecule has 1 unspecified atom stereocenters. The highest BCUT2D eigenvalue weighted by Crippen LogP contribution is 2.30. The lowest BCUT2D eigenvalue weighted by molar-refractivity contribution is 0.0498. The van der Waals surface area contributed by atoms with Crippen molar-refractivity contribution in [2.45, 2.75) is 58.2 Å². The van der Waals surface area contributed by atoms with Crippen LogP contribution in [0.4, 0.5) is 4.79 Å². The van der Waals surface area contributed by atoms with Crippen molar-refractivity contribution in [1.82, 2.24) is 10.6 Å². The van der Waals surface area contributed by atoms with Crippen molar-refractivity contribution in [3.05, 3.63) is 34.9 Å². The van der Waals surface area contributed by atoms with Crippen LogP contribution in [0.2, 0.25) is 0 Å². The van der Waals surface area contributed by atoms with Crippen LogP contribution in [0, 0.1) is 0 Å². The van der Waals surface area contributed by atoms with Crippen LogP contribution in [-0.2, 0) is 17.7 Å². The Hall–Kier alpha value is -1.55. The Labute approximate surface area is 127 Å². The number of hydrogen-bond donors (Lipinski definition) is 2. The summed E-state index contributed by atoms with van der Waals surface area (Å²) in [5.41, 5.74) is 3.40. The number of hydrogen-bond acceptors (Lipinski definition) is 3. The van der Waals surface area contributed by atoms with Gasteiger partial charge in [-0.05, 0) is 63.8 Å². The molecule has 21 heavy (non-hydrogen) atoms. The summed E-state index contributed by atoms with van der Waals surface area (Å²) >= 11 is 0. The van der Waals surface area contributed by atoms with Gasteiger partial charge in [0.15, 0.2) is 0 Å². The van der Waals surface area contributed by atoms with E-state index in [1.807, 2.05) is 27.8 Å². The number of alkyl carbamates (subject to hydrolysis) is 1. The average molecular weight is 290 g/mol. The van der Waals surface area contributed by atoms with Crippen LogP contribution in [0.25, 0.3) is 0 Å². The molecule has 2 N–H and O–H groups in total. The summed E-state index contributed by atoms with van der Waals surface area (Å²) in [5, 5.41) is 6.18. The molecule has 0 spiro atoms.